The van der Waals surface area contributed by atoms with Gasteiger partial charge in [0.2, 0.25) is 0 Å². The summed E-state index contributed by atoms with van der Waals surface area (Å²) >= 11 is 0. The van der Waals surface area contributed by atoms with Gasteiger partial charge in [0.1, 0.15) is 42.7 Å². The second-order valence-electron chi connectivity index (χ2n) is 19.0. The van der Waals surface area contributed by atoms with Gasteiger partial charge >= 0.3 is 5.97 Å². The van der Waals surface area contributed by atoms with E-state index in [2.05, 4.69) is 0 Å². The van der Waals surface area contributed by atoms with E-state index in [0.717, 1.165) is 33.4 Å². The van der Waals surface area contributed by atoms with Crippen LogP contribution in [0.3, 0.4) is 0 Å². The summed E-state index contributed by atoms with van der Waals surface area (Å²) in [5.41, 5.74) is 5.96. The van der Waals surface area contributed by atoms with E-state index in [-0.39, 0.29) is 64.0 Å². The molecule has 75 heavy (non-hydrogen) atoms. The third kappa shape index (κ3) is 11.6. The van der Waals surface area contributed by atoms with Crippen LogP contribution >= 0.6 is 0 Å². The van der Waals surface area contributed by atoms with Crippen molar-refractivity contribution in [3.05, 3.63) is 251 Å². The summed E-state index contributed by atoms with van der Waals surface area (Å²) in [5.74, 6) is -3.06. The highest BCUT2D eigenvalue weighted by molar-refractivity contribution is 6.21. The molecule has 7 aromatic rings. The van der Waals surface area contributed by atoms with Crippen LogP contribution < -0.4 is 0 Å². The Morgan fingerprint density at radius 2 is 0.840 bits per heavy atom. The Labute approximate surface area is 436 Å². The van der Waals surface area contributed by atoms with Gasteiger partial charge in [0.05, 0.1) is 64.0 Å². The quantitative estimate of drug-likeness (QED) is 0.0675. The number of carbonyl (C=O) groups excluding carboxylic acids is 2. The molecule has 384 valence electrons. The average Bonchev–Trinajstić information content (AvgIpc) is 3.74. The van der Waals surface area contributed by atoms with E-state index in [4.69, 9.17) is 47.4 Å². The minimum Gasteiger partial charge on any atom is -0.374 e. The lowest BCUT2D eigenvalue weighted by molar-refractivity contribution is -0.515. The first-order valence-electron chi connectivity index (χ1n) is 25.5. The van der Waals surface area contributed by atoms with Gasteiger partial charge in [-0.25, -0.2) is 0 Å². The topological polar surface area (TPSA) is 130 Å². The number of imide groups is 1. The number of hydrogen-bond acceptors (Lipinski definition) is 12. The largest absolute Gasteiger partial charge is 0.374 e. The maximum Gasteiger partial charge on any atom is 0.314 e. The summed E-state index contributed by atoms with van der Waals surface area (Å²) in [6, 6.07) is 64.4. The van der Waals surface area contributed by atoms with Crippen LogP contribution in [0.5, 0.6) is 0 Å². The molecule has 0 bridgehead atoms. The van der Waals surface area contributed by atoms with Crippen molar-refractivity contribution in [1.82, 2.24) is 4.90 Å². The van der Waals surface area contributed by atoms with Crippen molar-refractivity contribution >= 4 is 11.8 Å². The smallest absolute Gasteiger partial charge is 0.314 e. The monoisotopic (exact) mass is 1010 g/mol. The lowest BCUT2D eigenvalue weighted by atomic mass is 9.91. The highest BCUT2D eigenvalue weighted by atomic mass is 16.9. The van der Waals surface area contributed by atoms with Crippen LogP contribution in [0.4, 0.5) is 0 Å². The Hall–Kier alpha value is -6.72. The van der Waals surface area contributed by atoms with Crippen molar-refractivity contribution < 1.29 is 57.0 Å². The van der Waals surface area contributed by atoms with E-state index in [0.29, 0.717) is 0 Å². The van der Waals surface area contributed by atoms with Gasteiger partial charge in [-0.05, 0) is 45.5 Å². The summed E-state index contributed by atoms with van der Waals surface area (Å²) in [7, 11) is 0. The van der Waals surface area contributed by atoms with Gasteiger partial charge in [-0.3, -0.25) is 14.5 Å². The second kappa shape index (κ2) is 23.9. The maximum absolute atomic E-state index is 14.7. The van der Waals surface area contributed by atoms with Crippen molar-refractivity contribution in [3.8, 4) is 0 Å². The van der Waals surface area contributed by atoms with Gasteiger partial charge in [-0.1, -0.05) is 194 Å². The fourth-order valence-corrected chi connectivity index (χ4v) is 10.2. The molecule has 3 saturated heterocycles. The highest BCUT2D eigenvalue weighted by Crippen LogP contribution is 2.46. The first kappa shape index (κ1) is 50.4. The molecule has 0 radical (unpaired) electrons. The third-order valence-electron chi connectivity index (χ3n) is 13.9. The second-order valence-corrected chi connectivity index (χ2v) is 19.0. The first-order valence-corrected chi connectivity index (χ1v) is 25.5. The molecule has 10 atom stereocenters. The van der Waals surface area contributed by atoms with E-state index in [1.807, 2.05) is 182 Å². The van der Waals surface area contributed by atoms with Crippen molar-refractivity contribution in [2.45, 2.75) is 101 Å². The van der Waals surface area contributed by atoms with Crippen LogP contribution in [-0.2, 0) is 87.0 Å². The summed E-state index contributed by atoms with van der Waals surface area (Å²) in [4.78, 5) is 30.7. The predicted molar refractivity (Wildman–Crippen MR) is 275 cm³/mol. The van der Waals surface area contributed by atoms with Crippen LogP contribution in [0.2, 0.25) is 0 Å². The van der Waals surface area contributed by atoms with E-state index in [9.17, 15) is 9.59 Å². The number of fused-ring (bicyclic) bond motifs is 2. The molecule has 11 rings (SSSR count). The number of nitrogens with zero attached hydrogens (tertiary/aromatic N) is 1. The Morgan fingerprint density at radius 1 is 0.440 bits per heavy atom. The molecule has 0 aromatic heterocycles. The Morgan fingerprint density at radius 3 is 1.32 bits per heavy atom. The Kier molecular flexibility index (Phi) is 16.1. The van der Waals surface area contributed by atoms with E-state index >= 15 is 0 Å². The minimum absolute atomic E-state index is 0.0328. The van der Waals surface area contributed by atoms with Crippen molar-refractivity contribution in [2.24, 2.45) is 0 Å². The zero-order valence-corrected chi connectivity index (χ0v) is 41.3. The van der Waals surface area contributed by atoms with Gasteiger partial charge in [-0.2, -0.15) is 0 Å². The molecule has 3 fully saturated rings. The van der Waals surface area contributed by atoms with Crippen molar-refractivity contribution in [1.29, 1.82) is 0 Å². The molecule has 13 heteroatoms. The summed E-state index contributed by atoms with van der Waals surface area (Å²) in [5, 5.41) is 0. The molecule has 7 aromatic carbocycles. The fourth-order valence-electron chi connectivity index (χ4n) is 10.2. The van der Waals surface area contributed by atoms with Crippen LogP contribution in [0.25, 0.3) is 0 Å². The number of carbonyl (C=O) groups is 2. The Bertz CT molecular complexity index is 2890. The first-order chi connectivity index (χ1) is 37.0. The number of benzene rings is 7. The summed E-state index contributed by atoms with van der Waals surface area (Å²) in [6.45, 7) is 0.898. The number of rotatable bonds is 20. The molecule has 4 aliphatic rings. The molecule has 2 amide bonds. The molecule has 4 aliphatic heterocycles. The van der Waals surface area contributed by atoms with Gasteiger partial charge in [0.15, 0.2) is 12.4 Å². The molecule has 1 spiro atoms. The number of ether oxygens (including phenoxy) is 10. The molecule has 4 heterocycles. The predicted octanol–water partition coefficient (Wildman–Crippen LogP) is 9.62. The Balaban J connectivity index is 1.01. The minimum atomic E-state index is -2.05. The van der Waals surface area contributed by atoms with E-state index in [1.54, 1.807) is 24.3 Å². The number of hydrogen-bond donors (Lipinski definition) is 0. The van der Waals surface area contributed by atoms with Gasteiger partial charge in [0, 0.05) is 0 Å². The summed E-state index contributed by atoms with van der Waals surface area (Å²) < 4.78 is 70.0. The molecule has 0 unspecified atom stereocenters. The van der Waals surface area contributed by atoms with Gasteiger partial charge in [0.25, 0.3) is 11.8 Å². The van der Waals surface area contributed by atoms with Crippen LogP contribution in [-0.4, -0.2) is 91.0 Å². The van der Waals surface area contributed by atoms with Crippen molar-refractivity contribution in [3.63, 3.8) is 0 Å². The van der Waals surface area contributed by atoms with Gasteiger partial charge < -0.3 is 47.4 Å². The normalized spacial score (nSPS) is 26.2. The maximum atomic E-state index is 14.7. The van der Waals surface area contributed by atoms with Crippen LogP contribution in [0, 0.1) is 0 Å². The molecule has 0 aliphatic carbocycles. The summed E-state index contributed by atoms with van der Waals surface area (Å²) in [6.07, 6.45) is -7.98. The van der Waals surface area contributed by atoms with Crippen molar-refractivity contribution in [2.75, 3.05) is 13.2 Å². The number of amides is 2. The van der Waals surface area contributed by atoms with Crippen LogP contribution in [0.1, 0.15) is 54.1 Å². The fraction of sp³-hybridized carbons (Fsp3) is 0.290. The van der Waals surface area contributed by atoms with Crippen LogP contribution in [0.15, 0.2) is 206 Å². The SMILES string of the molecule is O=C1c2ccccc2C(=O)N1[C@H]1[C@H](OCc2ccccc2)O[C@@H]2CO[C@@]3(O[C@H]2[C@@H]1OCc1ccccc1)O[C@H](COCc1ccccc1)[C@@H](OCc1ccccc1)[C@H](OCc1ccccc1)[C@H]3OCc1ccccc1. The standard InChI is InChI=1S/C62H59NO12/c64-59-49-33-19-20-34-50(49)60(65)63(59)53-56(68-37-45-25-11-3-12-26-45)55-51(73-61(53)71-40-48-31-17-6-18-32-48)42-72-62(75-55)58(70-39-47-29-15-5-16-30-47)57(69-38-46-27-13-4-14-28-46)54(67-36-44-23-9-2-10-24-44)52(74-62)41-66-35-43-21-7-1-8-22-43/h1-34,51-58,61H,35-42H2/t51-,52-,53-,54-,55-,56-,57+,58-,61-,62-/m1/s1. The lowest BCUT2D eigenvalue weighted by Crippen LogP contribution is -2.76. The molecule has 13 nitrogen and oxygen atoms in total. The molecule has 0 saturated carbocycles. The van der Waals surface area contributed by atoms with Gasteiger partial charge in [-0.15, -0.1) is 0 Å². The highest BCUT2D eigenvalue weighted by Gasteiger charge is 2.66. The van der Waals surface area contributed by atoms with E-state index < -0.39 is 72.8 Å². The molecular formula is C62H59NO12. The van der Waals surface area contributed by atoms with E-state index in [1.165, 1.54) is 4.90 Å². The average molecular weight is 1010 g/mol. The zero-order chi connectivity index (χ0) is 50.8. The zero-order valence-electron chi connectivity index (χ0n) is 41.3. The third-order valence-corrected chi connectivity index (χ3v) is 13.9. The molecular weight excluding hydrogens is 951 g/mol. The lowest BCUT2D eigenvalue weighted by Gasteiger charge is -2.57. The molecule has 0 N–H and O–H groups in total.